The first-order valence-electron chi connectivity index (χ1n) is 16.2. The molecule has 0 radical (unpaired) electrons. The summed E-state index contributed by atoms with van der Waals surface area (Å²) in [7, 11) is 0. The molecule has 2 aliphatic rings. The van der Waals surface area contributed by atoms with Gasteiger partial charge in [-0.3, -0.25) is 4.79 Å². The lowest BCUT2D eigenvalue weighted by atomic mass is 9.79. The van der Waals surface area contributed by atoms with E-state index in [1.807, 2.05) is 12.5 Å². The first-order valence-corrected chi connectivity index (χ1v) is 16.2. The van der Waals surface area contributed by atoms with Gasteiger partial charge in [0.25, 0.3) is 5.91 Å². The summed E-state index contributed by atoms with van der Waals surface area (Å²) in [5.41, 5.74) is 14.5. The predicted octanol–water partition coefficient (Wildman–Crippen LogP) is 9.70. The van der Waals surface area contributed by atoms with Crippen molar-refractivity contribution in [3.8, 4) is 11.1 Å². The number of nitrogens with zero attached hydrogens (tertiary/aromatic N) is 2. The normalized spacial score (nSPS) is 18.8. The smallest absolute Gasteiger partial charge is 0.251 e. The van der Waals surface area contributed by atoms with E-state index in [1.165, 1.54) is 61.6 Å². The Morgan fingerprint density at radius 3 is 2.54 bits per heavy atom. The molecule has 3 atom stereocenters. The minimum Gasteiger partial charge on any atom is -0.366 e. The van der Waals surface area contributed by atoms with Gasteiger partial charge in [0.1, 0.15) is 0 Å². The third-order valence-corrected chi connectivity index (χ3v) is 10.1. The molecule has 0 bridgehead atoms. The van der Waals surface area contributed by atoms with E-state index < -0.39 is 0 Å². The number of imidazole rings is 1. The highest BCUT2D eigenvalue weighted by atomic mass is 16.1. The Hall–Kier alpha value is -3.08. The fraction of sp³-hybridized carbons (Fsp3) is 0.556. The third-order valence-electron chi connectivity index (χ3n) is 10.1. The maximum atomic E-state index is 13.0. The van der Waals surface area contributed by atoms with Crippen molar-refractivity contribution in [3.05, 3.63) is 59.6 Å². The summed E-state index contributed by atoms with van der Waals surface area (Å²) in [5.74, 6) is 1.56. The number of carbonyl (C=O) groups is 1. The Morgan fingerprint density at radius 2 is 1.83 bits per heavy atom. The van der Waals surface area contributed by atoms with Crippen molar-refractivity contribution in [2.24, 2.45) is 17.6 Å². The Bertz CT molecular complexity index is 1390. The lowest BCUT2D eigenvalue weighted by Gasteiger charge is -2.29. The molecule has 41 heavy (non-hydrogen) atoms. The predicted molar refractivity (Wildman–Crippen MR) is 172 cm³/mol. The number of unbranched alkanes of at least 4 members (excludes halogenated alkanes) is 1. The summed E-state index contributed by atoms with van der Waals surface area (Å²) in [4.78, 5) is 17.9. The number of nitrogens with two attached hydrogens (primary N) is 1. The van der Waals surface area contributed by atoms with Gasteiger partial charge in [-0.25, -0.2) is 4.98 Å². The quantitative estimate of drug-likeness (QED) is 0.232. The summed E-state index contributed by atoms with van der Waals surface area (Å²) < 4.78 is 2.40. The van der Waals surface area contributed by atoms with E-state index in [0.717, 1.165) is 47.5 Å². The van der Waals surface area contributed by atoms with Gasteiger partial charge in [0, 0.05) is 12.0 Å². The van der Waals surface area contributed by atoms with Gasteiger partial charge in [-0.05, 0) is 90.1 Å². The Labute approximate surface area is 247 Å². The van der Waals surface area contributed by atoms with Crippen molar-refractivity contribution in [2.75, 3.05) is 5.32 Å². The van der Waals surface area contributed by atoms with Gasteiger partial charge in [-0.1, -0.05) is 85.3 Å². The summed E-state index contributed by atoms with van der Waals surface area (Å²) >= 11 is 0. The van der Waals surface area contributed by atoms with Crippen LogP contribution in [0.1, 0.15) is 138 Å². The maximum absolute atomic E-state index is 13.0. The molecule has 1 amide bonds. The van der Waals surface area contributed by atoms with Gasteiger partial charge < -0.3 is 15.6 Å². The molecule has 3 N–H and O–H groups in total. The molecule has 0 saturated heterocycles. The molecular weight excluding hydrogens is 504 g/mol. The SMILES string of the molecule is CCC1C=CNc2c(C(N)=O)c(C(C)CCCCC(C)C(C)C)cc(-c3ccc4c(c3)ncn4C3CCCCC3)c21. The van der Waals surface area contributed by atoms with Gasteiger partial charge in [0.05, 0.1) is 28.6 Å². The van der Waals surface area contributed by atoms with Crippen molar-refractivity contribution in [2.45, 2.75) is 117 Å². The number of allylic oxidation sites excluding steroid dienone is 1. The molecule has 2 aromatic carbocycles. The molecule has 1 aliphatic carbocycles. The lowest BCUT2D eigenvalue weighted by molar-refractivity contribution is 0.0999. The van der Waals surface area contributed by atoms with Crippen LogP contribution in [0.3, 0.4) is 0 Å². The standard InChI is InChI=1S/C36H50N4O/c1-6-26-18-19-38-35-33(26)30(21-29(34(35)36(37)41)25(5)13-11-10-12-24(4)23(2)3)27-16-17-32-31(20-27)39-22-40(32)28-14-8-7-9-15-28/h16-26,28,38H,6-15H2,1-5H3,(H2,37,41). The van der Waals surface area contributed by atoms with E-state index >= 15 is 0 Å². The van der Waals surface area contributed by atoms with Crippen LogP contribution in [0.25, 0.3) is 22.2 Å². The van der Waals surface area contributed by atoms with Crippen LogP contribution in [-0.4, -0.2) is 15.5 Å². The fourth-order valence-electron chi connectivity index (χ4n) is 7.09. The Kier molecular flexibility index (Phi) is 9.21. The second-order valence-corrected chi connectivity index (χ2v) is 13.1. The molecule has 3 aromatic rings. The molecular formula is C36H50N4O. The summed E-state index contributed by atoms with van der Waals surface area (Å²) in [6, 6.07) is 9.60. The van der Waals surface area contributed by atoms with E-state index in [4.69, 9.17) is 10.7 Å². The highest BCUT2D eigenvalue weighted by Gasteiger charge is 2.29. The molecule has 1 saturated carbocycles. The largest absolute Gasteiger partial charge is 0.366 e. The van der Waals surface area contributed by atoms with Crippen LogP contribution in [0, 0.1) is 11.8 Å². The number of benzene rings is 2. The first kappa shape index (κ1) is 29.4. The molecule has 5 heteroatoms. The van der Waals surface area contributed by atoms with Crippen molar-refractivity contribution < 1.29 is 4.79 Å². The van der Waals surface area contributed by atoms with Crippen molar-refractivity contribution in [1.29, 1.82) is 0 Å². The second kappa shape index (κ2) is 12.8. The van der Waals surface area contributed by atoms with Crippen molar-refractivity contribution in [3.63, 3.8) is 0 Å². The van der Waals surface area contributed by atoms with E-state index in [2.05, 4.69) is 74.8 Å². The van der Waals surface area contributed by atoms with Crippen LogP contribution in [0.2, 0.25) is 0 Å². The van der Waals surface area contributed by atoms with Crippen LogP contribution in [-0.2, 0) is 0 Å². The van der Waals surface area contributed by atoms with Gasteiger partial charge in [-0.15, -0.1) is 0 Å². The molecule has 3 unspecified atom stereocenters. The average molecular weight is 555 g/mol. The van der Waals surface area contributed by atoms with Crippen LogP contribution in [0.4, 0.5) is 5.69 Å². The molecule has 0 spiro atoms. The topological polar surface area (TPSA) is 72.9 Å². The lowest BCUT2D eigenvalue weighted by Crippen LogP contribution is -2.21. The zero-order chi connectivity index (χ0) is 29.1. The van der Waals surface area contributed by atoms with Crippen LogP contribution >= 0.6 is 0 Å². The summed E-state index contributed by atoms with van der Waals surface area (Å²) in [6.07, 6.45) is 18.3. The zero-order valence-corrected chi connectivity index (χ0v) is 25.9. The number of hydrogen-bond acceptors (Lipinski definition) is 3. The maximum Gasteiger partial charge on any atom is 0.251 e. The van der Waals surface area contributed by atoms with Gasteiger partial charge in [0.2, 0.25) is 0 Å². The third kappa shape index (κ3) is 6.10. The number of carbonyl (C=O) groups excluding carboxylic acids is 1. The number of amides is 1. The zero-order valence-electron chi connectivity index (χ0n) is 25.9. The molecule has 220 valence electrons. The number of aromatic nitrogens is 2. The number of fused-ring (bicyclic) bond motifs is 2. The monoisotopic (exact) mass is 554 g/mol. The fourth-order valence-corrected chi connectivity index (χ4v) is 7.09. The van der Waals surface area contributed by atoms with E-state index in [-0.39, 0.29) is 17.7 Å². The summed E-state index contributed by atoms with van der Waals surface area (Å²) in [5, 5.41) is 3.46. The second-order valence-electron chi connectivity index (χ2n) is 13.1. The number of rotatable bonds is 11. The van der Waals surface area contributed by atoms with Crippen LogP contribution in [0.5, 0.6) is 0 Å². The number of hydrogen-bond donors (Lipinski definition) is 2. The average Bonchev–Trinajstić information content (AvgIpc) is 3.41. The molecule has 1 aromatic heterocycles. The highest BCUT2D eigenvalue weighted by Crippen LogP contribution is 2.45. The molecule has 5 rings (SSSR count). The Morgan fingerprint density at radius 1 is 1.07 bits per heavy atom. The van der Waals surface area contributed by atoms with E-state index in [9.17, 15) is 4.79 Å². The van der Waals surface area contributed by atoms with Gasteiger partial charge in [0.15, 0.2) is 0 Å². The minimum absolute atomic E-state index is 0.219. The van der Waals surface area contributed by atoms with Crippen LogP contribution < -0.4 is 11.1 Å². The van der Waals surface area contributed by atoms with Gasteiger partial charge in [-0.2, -0.15) is 0 Å². The van der Waals surface area contributed by atoms with Crippen molar-refractivity contribution >= 4 is 22.6 Å². The molecule has 1 aliphatic heterocycles. The number of anilines is 1. The highest BCUT2D eigenvalue weighted by molar-refractivity contribution is 6.03. The first-order chi connectivity index (χ1) is 19.8. The minimum atomic E-state index is -0.345. The molecule has 5 nitrogen and oxygen atoms in total. The number of nitrogens with one attached hydrogen (secondary N) is 1. The van der Waals surface area contributed by atoms with Crippen LogP contribution in [0.15, 0.2) is 42.9 Å². The molecule has 1 fully saturated rings. The van der Waals surface area contributed by atoms with E-state index in [1.54, 1.807) is 0 Å². The van der Waals surface area contributed by atoms with Crippen molar-refractivity contribution in [1.82, 2.24) is 9.55 Å². The molecule has 2 heterocycles. The number of primary amides is 1. The summed E-state index contributed by atoms with van der Waals surface area (Å²) in [6.45, 7) is 11.4. The van der Waals surface area contributed by atoms with E-state index in [0.29, 0.717) is 17.5 Å². The van der Waals surface area contributed by atoms with Gasteiger partial charge >= 0.3 is 0 Å². The Balaban J connectivity index is 1.54.